The molecule has 0 aromatic heterocycles. The maximum Gasteiger partial charge on any atom is 0.282 e. The van der Waals surface area contributed by atoms with E-state index in [-0.39, 0.29) is 18.4 Å². The highest BCUT2D eigenvalue weighted by Crippen LogP contribution is 2.28. The Kier molecular flexibility index (Phi) is 7.26. The molecule has 1 saturated heterocycles. The van der Waals surface area contributed by atoms with Crippen LogP contribution >= 0.6 is 12.4 Å². The second-order valence-electron chi connectivity index (χ2n) is 8.12. The maximum atomic E-state index is 13.0. The van der Waals surface area contributed by atoms with Crippen molar-refractivity contribution in [2.75, 3.05) is 45.1 Å². The minimum atomic E-state index is -3.34. The van der Waals surface area contributed by atoms with E-state index in [1.807, 2.05) is 0 Å². The average molecular weight is 429 g/mol. The van der Waals surface area contributed by atoms with Crippen LogP contribution in [0.3, 0.4) is 0 Å². The molecule has 4 rings (SSSR count). The lowest BCUT2D eigenvalue weighted by atomic mass is 9.96. The van der Waals surface area contributed by atoms with Gasteiger partial charge in [0, 0.05) is 58.0 Å². The van der Waals surface area contributed by atoms with Gasteiger partial charge >= 0.3 is 0 Å². The molecular formula is C20H33ClN4O2S. The minimum Gasteiger partial charge on any atom is -0.384 e. The molecule has 1 aliphatic carbocycles. The van der Waals surface area contributed by atoms with Gasteiger partial charge in [0.05, 0.1) is 0 Å². The Morgan fingerprint density at radius 3 is 2.54 bits per heavy atom. The summed E-state index contributed by atoms with van der Waals surface area (Å²) in [5.41, 5.74) is 4.04. The number of piperazine rings is 1. The minimum absolute atomic E-state index is 0. The van der Waals surface area contributed by atoms with E-state index in [0.29, 0.717) is 13.1 Å². The Labute approximate surface area is 175 Å². The molecule has 0 spiro atoms. The van der Waals surface area contributed by atoms with Gasteiger partial charge in [-0.2, -0.15) is 17.0 Å². The second kappa shape index (κ2) is 9.30. The highest BCUT2D eigenvalue weighted by Gasteiger charge is 2.34. The van der Waals surface area contributed by atoms with Crippen LogP contribution in [0.25, 0.3) is 0 Å². The van der Waals surface area contributed by atoms with Gasteiger partial charge in [-0.05, 0) is 30.4 Å². The van der Waals surface area contributed by atoms with Gasteiger partial charge in [-0.3, -0.25) is 4.90 Å². The molecule has 3 aliphatic rings. The first-order valence-electron chi connectivity index (χ1n) is 10.4. The van der Waals surface area contributed by atoms with Gasteiger partial charge in [-0.25, -0.2) is 0 Å². The van der Waals surface area contributed by atoms with Crippen molar-refractivity contribution in [3.05, 3.63) is 29.3 Å². The van der Waals surface area contributed by atoms with Gasteiger partial charge in [0.1, 0.15) is 0 Å². The Morgan fingerprint density at radius 2 is 1.82 bits per heavy atom. The van der Waals surface area contributed by atoms with Crippen molar-refractivity contribution in [1.82, 2.24) is 13.5 Å². The molecular weight excluding hydrogens is 396 g/mol. The lowest BCUT2D eigenvalue weighted by molar-refractivity contribution is 0.170. The Hall–Kier alpha value is -0.860. The van der Waals surface area contributed by atoms with Crippen LogP contribution in [0.1, 0.15) is 43.2 Å². The van der Waals surface area contributed by atoms with Gasteiger partial charge in [-0.15, -0.1) is 12.4 Å². The molecule has 1 aromatic rings. The Balaban J connectivity index is 0.00000225. The lowest BCUT2D eigenvalue weighted by Gasteiger charge is -2.38. The second-order valence-corrected chi connectivity index (χ2v) is 10.1. The van der Waals surface area contributed by atoms with E-state index >= 15 is 0 Å². The third-order valence-electron chi connectivity index (χ3n) is 6.44. The number of nitrogens with one attached hydrogen (secondary N) is 1. The molecule has 28 heavy (non-hydrogen) atoms. The summed E-state index contributed by atoms with van der Waals surface area (Å²) in [7, 11) is -1.57. The van der Waals surface area contributed by atoms with Gasteiger partial charge in [-0.1, -0.05) is 37.5 Å². The quantitative estimate of drug-likeness (QED) is 0.783. The van der Waals surface area contributed by atoms with Crippen LogP contribution in [0.5, 0.6) is 0 Å². The molecule has 158 valence electrons. The summed E-state index contributed by atoms with van der Waals surface area (Å²) >= 11 is 0. The summed E-state index contributed by atoms with van der Waals surface area (Å²) in [4.78, 5) is 2.38. The van der Waals surface area contributed by atoms with Crippen LogP contribution in [0.15, 0.2) is 18.2 Å². The number of fused-ring (bicyclic) bond motifs is 1. The third-order valence-corrected chi connectivity index (χ3v) is 8.48. The third kappa shape index (κ3) is 4.49. The molecule has 6 nitrogen and oxygen atoms in total. The standard InChI is InChI=1S/C20H32N4O2S.ClH/c1-22(19-8-3-2-4-9-19)27(25,26)24-14-12-23(13-15-24)16-18-7-5-6-17-10-11-21-20(17)18;/h5-7,19,21H,2-4,8-16H2,1H3;1H. The number of hydrogen-bond donors (Lipinski definition) is 1. The first kappa shape index (κ1) is 21.8. The molecule has 0 amide bonds. The van der Waals surface area contributed by atoms with Gasteiger partial charge in [0.2, 0.25) is 0 Å². The van der Waals surface area contributed by atoms with Crippen LogP contribution < -0.4 is 5.32 Å². The zero-order valence-electron chi connectivity index (χ0n) is 16.8. The van der Waals surface area contributed by atoms with Gasteiger partial charge in [0.25, 0.3) is 10.2 Å². The van der Waals surface area contributed by atoms with Crippen molar-refractivity contribution in [2.45, 2.75) is 51.1 Å². The van der Waals surface area contributed by atoms with Crippen LogP contribution in [-0.4, -0.2) is 67.7 Å². The van der Waals surface area contributed by atoms with E-state index in [2.05, 4.69) is 28.4 Å². The smallest absolute Gasteiger partial charge is 0.282 e. The highest BCUT2D eigenvalue weighted by atomic mass is 35.5. The normalized spacial score (nSPS) is 21.9. The van der Waals surface area contributed by atoms with Gasteiger partial charge < -0.3 is 5.32 Å². The van der Waals surface area contributed by atoms with Crippen LogP contribution in [-0.2, 0) is 23.2 Å². The summed E-state index contributed by atoms with van der Waals surface area (Å²) in [5.74, 6) is 0. The zero-order chi connectivity index (χ0) is 18.9. The summed E-state index contributed by atoms with van der Waals surface area (Å²) in [6.07, 6.45) is 6.63. The predicted molar refractivity (Wildman–Crippen MR) is 116 cm³/mol. The highest BCUT2D eigenvalue weighted by molar-refractivity contribution is 7.86. The summed E-state index contributed by atoms with van der Waals surface area (Å²) in [5, 5.41) is 3.50. The zero-order valence-corrected chi connectivity index (χ0v) is 18.4. The number of para-hydroxylation sites is 1. The number of anilines is 1. The van der Waals surface area contributed by atoms with E-state index < -0.39 is 10.2 Å². The lowest BCUT2D eigenvalue weighted by Crippen LogP contribution is -2.54. The number of halogens is 1. The summed E-state index contributed by atoms with van der Waals surface area (Å²) < 4.78 is 29.4. The molecule has 0 unspecified atom stereocenters. The molecule has 1 N–H and O–H groups in total. The number of rotatable bonds is 5. The SMILES string of the molecule is CN(C1CCCCC1)S(=O)(=O)N1CCN(Cc2cccc3c2NCC3)CC1.Cl. The monoisotopic (exact) mass is 428 g/mol. The predicted octanol–water partition coefficient (Wildman–Crippen LogP) is 2.70. The van der Waals surface area contributed by atoms with Crippen molar-refractivity contribution in [1.29, 1.82) is 0 Å². The summed E-state index contributed by atoms with van der Waals surface area (Å²) in [6, 6.07) is 6.71. The fourth-order valence-electron chi connectivity index (χ4n) is 4.72. The Morgan fingerprint density at radius 1 is 1.11 bits per heavy atom. The molecule has 0 atom stereocenters. The molecule has 1 saturated carbocycles. The van der Waals surface area contributed by atoms with Crippen molar-refractivity contribution in [3.63, 3.8) is 0 Å². The van der Waals surface area contributed by atoms with E-state index in [1.54, 1.807) is 15.7 Å². The fourth-order valence-corrected chi connectivity index (χ4v) is 6.29. The number of benzene rings is 1. The van der Waals surface area contributed by atoms with Gasteiger partial charge in [0.15, 0.2) is 0 Å². The topological polar surface area (TPSA) is 55.9 Å². The molecule has 1 aromatic carbocycles. The Bertz CT molecular complexity index is 759. The first-order valence-corrected chi connectivity index (χ1v) is 11.8. The molecule has 2 aliphatic heterocycles. The number of hydrogen-bond acceptors (Lipinski definition) is 4. The molecule has 8 heteroatoms. The van der Waals surface area contributed by atoms with Crippen molar-refractivity contribution < 1.29 is 8.42 Å². The first-order chi connectivity index (χ1) is 13.1. The van der Waals surface area contributed by atoms with Crippen molar-refractivity contribution in [2.24, 2.45) is 0 Å². The average Bonchev–Trinajstić information content (AvgIpc) is 3.18. The molecule has 0 radical (unpaired) electrons. The summed E-state index contributed by atoms with van der Waals surface area (Å²) in [6.45, 7) is 4.67. The largest absolute Gasteiger partial charge is 0.384 e. The van der Waals surface area contributed by atoms with Crippen LogP contribution in [0, 0.1) is 0 Å². The van der Waals surface area contributed by atoms with Crippen molar-refractivity contribution >= 4 is 28.3 Å². The molecule has 2 fully saturated rings. The van der Waals surface area contributed by atoms with E-state index in [4.69, 9.17) is 0 Å². The van der Waals surface area contributed by atoms with Crippen molar-refractivity contribution in [3.8, 4) is 0 Å². The molecule has 2 heterocycles. The molecule has 0 bridgehead atoms. The fraction of sp³-hybridized carbons (Fsp3) is 0.700. The van der Waals surface area contributed by atoms with E-state index in [9.17, 15) is 8.42 Å². The number of nitrogens with zero attached hydrogens (tertiary/aromatic N) is 3. The van der Waals surface area contributed by atoms with E-state index in [0.717, 1.165) is 58.3 Å². The van der Waals surface area contributed by atoms with E-state index in [1.165, 1.54) is 23.2 Å². The van der Waals surface area contributed by atoms with Crippen LogP contribution in [0.4, 0.5) is 5.69 Å². The van der Waals surface area contributed by atoms with Crippen LogP contribution in [0.2, 0.25) is 0 Å². The maximum absolute atomic E-state index is 13.0.